The second kappa shape index (κ2) is 7.66. The molecule has 0 saturated carbocycles. The molecule has 0 aromatic heterocycles. The van der Waals surface area contributed by atoms with Crippen LogP contribution in [0.3, 0.4) is 0 Å². The van der Waals surface area contributed by atoms with E-state index in [9.17, 15) is 0 Å². The fourth-order valence-corrected chi connectivity index (χ4v) is 4.28. The first-order chi connectivity index (χ1) is 10.1. The Morgan fingerprint density at radius 2 is 2.14 bits per heavy atom. The van der Waals surface area contributed by atoms with Gasteiger partial charge in [0.1, 0.15) is 0 Å². The Morgan fingerprint density at radius 3 is 2.86 bits per heavy atom. The fraction of sp³-hybridized carbons (Fsp3) is 0.667. The number of thioether (sulfide) groups is 1. The van der Waals surface area contributed by atoms with Gasteiger partial charge in [-0.15, -0.1) is 11.8 Å². The number of methoxy groups -OCH3 is 1. The van der Waals surface area contributed by atoms with Crippen molar-refractivity contribution in [2.45, 2.75) is 38.0 Å². The van der Waals surface area contributed by atoms with Crippen LogP contribution in [0.25, 0.3) is 0 Å². The summed E-state index contributed by atoms with van der Waals surface area (Å²) >= 11 is 2.02. The van der Waals surface area contributed by atoms with Crippen LogP contribution in [0, 0.1) is 11.3 Å². The molecule has 21 heavy (non-hydrogen) atoms. The zero-order chi connectivity index (χ0) is 15.3. The molecule has 0 amide bonds. The quantitative estimate of drug-likeness (QED) is 0.729. The summed E-state index contributed by atoms with van der Waals surface area (Å²) in [5.41, 5.74) is 1.89. The van der Waals surface area contributed by atoms with Crippen molar-refractivity contribution in [1.82, 2.24) is 5.32 Å². The van der Waals surface area contributed by atoms with Crippen molar-refractivity contribution >= 4 is 11.8 Å². The van der Waals surface area contributed by atoms with E-state index in [0.717, 1.165) is 19.7 Å². The number of rotatable bonds is 8. The lowest BCUT2D eigenvalue weighted by molar-refractivity contribution is 0.162. The van der Waals surface area contributed by atoms with Crippen LogP contribution >= 0.6 is 11.8 Å². The van der Waals surface area contributed by atoms with Gasteiger partial charge in [0.2, 0.25) is 0 Å². The van der Waals surface area contributed by atoms with Crippen molar-refractivity contribution in [3.05, 3.63) is 29.8 Å². The third-order valence-corrected chi connectivity index (χ3v) is 6.17. The summed E-state index contributed by atoms with van der Waals surface area (Å²) in [7, 11) is 1.76. The molecule has 0 saturated heterocycles. The van der Waals surface area contributed by atoms with E-state index in [2.05, 4.69) is 50.4 Å². The van der Waals surface area contributed by atoms with Gasteiger partial charge in [0.15, 0.2) is 0 Å². The molecule has 3 heteroatoms. The van der Waals surface area contributed by atoms with Crippen molar-refractivity contribution in [3.8, 4) is 0 Å². The molecule has 0 bridgehead atoms. The molecular weight excluding hydrogens is 278 g/mol. The SMILES string of the molecule is COCCNCC(C)(CC1CSc2ccccc21)C(C)C. The highest BCUT2D eigenvalue weighted by atomic mass is 32.2. The molecule has 0 fully saturated rings. The number of nitrogens with one attached hydrogen (secondary N) is 1. The molecule has 0 spiro atoms. The highest BCUT2D eigenvalue weighted by Gasteiger charge is 2.34. The molecule has 118 valence electrons. The van der Waals surface area contributed by atoms with Gasteiger partial charge in [0.05, 0.1) is 6.61 Å². The Hall–Kier alpha value is -0.510. The van der Waals surface area contributed by atoms with Crippen LogP contribution in [0.15, 0.2) is 29.2 Å². The predicted molar refractivity (Wildman–Crippen MR) is 92.2 cm³/mol. The lowest BCUT2D eigenvalue weighted by atomic mass is 9.71. The molecule has 1 aromatic carbocycles. The summed E-state index contributed by atoms with van der Waals surface area (Å²) in [4.78, 5) is 1.49. The minimum Gasteiger partial charge on any atom is -0.383 e. The van der Waals surface area contributed by atoms with Gasteiger partial charge in [0.25, 0.3) is 0 Å². The van der Waals surface area contributed by atoms with E-state index in [0.29, 0.717) is 17.3 Å². The molecule has 2 nitrogen and oxygen atoms in total. The Kier molecular flexibility index (Phi) is 6.15. The summed E-state index contributed by atoms with van der Waals surface area (Å²) in [6, 6.07) is 8.92. The van der Waals surface area contributed by atoms with Crippen molar-refractivity contribution < 1.29 is 4.74 Å². The zero-order valence-electron chi connectivity index (χ0n) is 13.8. The number of hydrogen-bond acceptors (Lipinski definition) is 3. The summed E-state index contributed by atoms with van der Waals surface area (Å²) < 4.78 is 5.13. The topological polar surface area (TPSA) is 21.3 Å². The minimum atomic E-state index is 0.330. The van der Waals surface area contributed by atoms with Gasteiger partial charge in [-0.05, 0) is 35.3 Å². The molecule has 2 atom stereocenters. The summed E-state index contributed by atoms with van der Waals surface area (Å²) in [5.74, 6) is 2.60. The number of fused-ring (bicyclic) bond motifs is 1. The van der Waals surface area contributed by atoms with Gasteiger partial charge in [0, 0.05) is 30.8 Å². The van der Waals surface area contributed by atoms with Crippen LogP contribution in [-0.4, -0.2) is 32.6 Å². The Labute approximate surface area is 134 Å². The van der Waals surface area contributed by atoms with E-state index in [1.165, 1.54) is 17.1 Å². The van der Waals surface area contributed by atoms with Crippen molar-refractivity contribution in [2.24, 2.45) is 11.3 Å². The second-order valence-corrected chi connectivity index (χ2v) is 7.79. The third kappa shape index (κ3) is 4.24. The second-order valence-electron chi connectivity index (χ2n) is 6.73. The van der Waals surface area contributed by atoms with Crippen LogP contribution in [-0.2, 0) is 4.74 Å². The van der Waals surface area contributed by atoms with Crippen LogP contribution < -0.4 is 5.32 Å². The lowest BCUT2D eigenvalue weighted by Crippen LogP contribution is -2.38. The maximum Gasteiger partial charge on any atom is 0.0587 e. The average molecular weight is 308 g/mol. The average Bonchev–Trinajstić information content (AvgIpc) is 2.87. The van der Waals surface area contributed by atoms with Gasteiger partial charge in [-0.25, -0.2) is 0 Å². The van der Waals surface area contributed by atoms with Gasteiger partial charge < -0.3 is 10.1 Å². The predicted octanol–water partition coefficient (Wildman–Crippen LogP) is 4.16. The standard InChI is InChI=1S/C18H29NOS/c1-14(2)18(3,13-19-9-10-20-4)11-15-12-21-17-8-6-5-7-16(15)17/h5-8,14-15,19H,9-13H2,1-4H3. The highest BCUT2D eigenvalue weighted by Crippen LogP contribution is 2.46. The first kappa shape index (κ1) is 16.9. The van der Waals surface area contributed by atoms with Crippen LogP contribution in [0.1, 0.15) is 38.7 Å². The summed E-state index contributed by atoms with van der Waals surface area (Å²) in [5, 5.41) is 3.57. The molecule has 1 heterocycles. The Balaban J connectivity index is 2.00. The summed E-state index contributed by atoms with van der Waals surface area (Å²) in [6.07, 6.45) is 1.26. The molecule has 0 radical (unpaired) electrons. The first-order valence-corrected chi connectivity index (χ1v) is 8.97. The van der Waals surface area contributed by atoms with Gasteiger partial charge in [-0.2, -0.15) is 0 Å². The highest BCUT2D eigenvalue weighted by molar-refractivity contribution is 7.99. The normalized spacial score (nSPS) is 20.5. The molecule has 1 aliphatic rings. The Morgan fingerprint density at radius 1 is 1.38 bits per heavy atom. The number of ether oxygens (including phenoxy) is 1. The molecule has 2 unspecified atom stereocenters. The van der Waals surface area contributed by atoms with Gasteiger partial charge >= 0.3 is 0 Å². The van der Waals surface area contributed by atoms with Crippen molar-refractivity contribution in [2.75, 3.05) is 32.6 Å². The van der Waals surface area contributed by atoms with Gasteiger partial charge in [-0.3, -0.25) is 0 Å². The lowest BCUT2D eigenvalue weighted by Gasteiger charge is -2.36. The van der Waals surface area contributed by atoms with E-state index in [4.69, 9.17) is 4.74 Å². The van der Waals surface area contributed by atoms with Gasteiger partial charge in [-0.1, -0.05) is 39.0 Å². The zero-order valence-corrected chi connectivity index (χ0v) is 14.6. The van der Waals surface area contributed by atoms with E-state index in [1.54, 1.807) is 12.7 Å². The Bertz CT molecular complexity index is 449. The van der Waals surface area contributed by atoms with Crippen molar-refractivity contribution in [1.29, 1.82) is 0 Å². The van der Waals surface area contributed by atoms with E-state index in [1.807, 2.05) is 11.8 Å². The largest absolute Gasteiger partial charge is 0.383 e. The van der Waals surface area contributed by atoms with E-state index < -0.39 is 0 Å². The monoisotopic (exact) mass is 307 g/mol. The van der Waals surface area contributed by atoms with Crippen LogP contribution in [0.5, 0.6) is 0 Å². The number of hydrogen-bond donors (Lipinski definition) is 1. The minimum absolute atomic E-state index is 0.330. The maximum atomic E-state index is 5.13. The van der Waals surface area contributed by atoms with Crippen LogP contribution in [0.4, 0.5) is 0 Å². The van der Waals surface area contributed by atoms with E-state index >= 15 is 0 Å². The third-order valence-electron chi connectivity index (χ3n) is 4.92. The van der Waals surface area contributed by atoms with Crippen molar-refractivity contribution in [3.63, 3.8) is 0 Å². The molecule has 0 aliphatic carbocycles. The maximum absolute atomic E-state index is 5.13. The molecule has 2 rings (SSSR count). The fourth-order valence-electron chi connectivity index (χ4n) is 3.02. The summed E-state index contributed by atoms with van der Waals surface area (Å²) in [6.45, 7) is 9.93. The molecule has 1 aliphatic heterocycles. The number of benzene rings is 1. The smallest absolute Gasteiger partial charge is 0.0587 e. The molecule has 1 aromatic rings. The molecular formula is C18H29NOS. The van der Waals surface area contributed by atoms with E-state index in [-0.39, 0.29) is 0 Å². The molecule has 1 N–H and O–H groups in total. The first-order valence-electron chi connectivity index (χ1n) is 7.98. The van der Waals surface area contributed by atoms with Crippen LogP contribution in [0.2, 0.25) is 0 Å².